The van der Waals surface area contributed by atoms with Crippen molar-refractivity contribution in [3.05, 3.63) is 60.6 Å². The van der Waals surface area contributed by atoms with Crippen molar-refractivity contribution < 1.29 is 4.21 Å². The lowest BCUT2D eigenvalue weighted by Gasteiger charge is -2.13. The van der Waals surface area contributed by atoms with Crippen LogP contribution in [0.1, 0.15) is 5.82 Å². The number of aromatic amines is 1. The lowest BCUT2D eigenvalue weighted by atomic mass is 10.2. The molecule has 8 nitrogen and oxygen atoms in total. The zero-order valence-corrected chi connectivity index (χ0v) is 17.1. The number of rotatable bonds is 4. The molecule has 0 saturated heterocycles. The van der Waals surface area contributed by atoms with Crippen LogP contribution in [-0.4, -0.2) is 40.6 Å². The maximum atomic E-state index is 12.0. The average Bonchev–Trinajstić information content (AvgIpc) is 3.23. The molecule has 0 fully saturated rings. The molecule has 1 atom stereocenters. The maximum Gasteiger partial charge on any atom is 0.159 e. The van der Waals surface area contributed by atoms with Crippen LogP contribution in [-0.2, 0) is 10.8 Å². The third kappa shape index (κ3) is 3.29. The summed E-state index contributed by atoms with van der Waals surface area (Å²) in [4.78, 5) is 18.4. The van der Waals surface area contributed by atoms with Crippen LogP contribution in [0.5, 0.6) is 0 Å². The van der Waals surface area contributed by atoms with Crippen LogP contribution in [0.3, 0.4) is 0 Å². The molecule has 0 saturated carbocycles. The minimum absolute atomic E-state index is 0.454. The fourth-order valence-electron chi connectivity index (χ4n) is 3.28. The van der Waals surface area contributed by atoms with E-state index in [-0.39, 0.29) is 0 Å². The zero-order valence-electron chi connectivity index (χ0n) is 16.2. The van der Waals surface area contributed by atoms with Gasteiger partial charge in [-0.05, 0) is 31.2 Å². The van der Waals surface area contributed by atoms with E-state index in [1.807, 2.05) is 42.5 Å². The van der Waals surface area contributed by atoms with E-state index in [0.717, 1.165) is 27.6 Å². The molecule has 1 unspecified atom stereocenters. The summed E-state index contributed by atoms with van der Waals surface area (Å²) in [6.45, 7) is 1.77. The Morgan fingerprint density at radius 2 is 1.77 bits per heavy atom. The van der Waals surface area contributed by atoms with Crippen LogP contribution in [0.4, 0.5) is 11.5 Å². The van der Waals surface area contributed by atoms with Gasteiger partial charge in [-0.1, -0.05) is 18.2 Å². The van der Waals surface area contributed by atoms with Crippen molar-refractivity contribution in [1.29, 1.82) is 0 Å². The van der Waals surface area contributed by atoms with Gasteiger partial charge < -0.3 is 5.32 Å². The Morgan fingerprint density at radius 3 is 2.57 bits per heavy atom. The van der Waals surface area contributed by atoms with E-state index in [2.05, 4.69) is 25.5 Å². The molecule has 0 amide bonds. The third-order valence-electron chi connectivity index (χ3n) is 4.66. The third-order valence-corrected chi connectivity index (χ3v) is 5.46. The van der Waals surface area contributed by atoms with E-state index >= 15 is 0 Å². The van der Waals surface area contributed by atoms with Crippen molar-refractivity contribution in [1.82, 2.24) is 30.1 Å². The first-order valence-electron chi connectivity index (χ1n) is 9.24. The van der Waals surface area contributed by atoms with Gasteiger partial charge in [-0.15, -0.1) is 0 Å². The summed E-state index contributed by atoms with van der Waals surface area (Å²) in [5, 5.41) is 11.9. The van der Waals surface area contributed by atoms with E-state index in [0.29, 0.717) is 28.1 Å². The maximum absolute atomic E-state index is 12.0. The number of nitrogens with one attached hydrogen (secondary N) is 2. The van der Waals surface area contributed by atoms with Gasteiger partial charge >= 0.3 is 0 Å². The molecule has 5 rings (SSSR count). The van der Waals surface area contributed by atoms with Gasteiger partial charge in [0, 0.05) is 17.7 Å². The van der Waals surface area contributed by atoms with Crippen LogP contribution in [0, 0.1) is 6.92 Å². The molecular formula is C21H17N7OS. The summed E-state index contributed by atoms with van der Waals surface area (Å²) in [6.07, 6.45) is 3.36. The molecule has 0 spiro atoms. The Hall–Kier alpha value is -3.72. The fraction of sp³-hybridized carbons (Fsp3) is 0.0952. The van der Waals surface area contributed by atoms with Crippen molar-refractivity contribution in [2.45, 2.75) is 11.9 Å². The molecule has 30 heavy (non-hydrogen) atoms. The Morgan fingerprint density at radius 1 is 0.967 bits per heavy atom. The summed E-state index contributed by atoms with van der Waals surface area (Å²) in [5.74, 6) is 1.07. The SMILES string of the molecule is Cc1nc(-c2nc3ccccc3nc2Nc2cccc3[nH]ncc23)cc(S(C)=O)n1. The second kappa shape index (κ2) is 7.27. The van der Waals surface area contributed by atoms with Crippen LogP contribution >= 0.6 is 0 Å². The van der Waals surface area contributed by atoms with E-state index < -0.39 is 10.8 Å². The topological polar surface area (TPSA) is 109 Å². The Labute approximate surface area is 174 Å². The van der Waals surface area contributed by atoms with Gasteiger partial charge in [-0.3, -0.25) is 9.31 Å². The highest BCUT2D eigenvalue weighted by molar-refractivity contribution is 7.84. The van der Waals surface area contributed by atoms with Crippen molar-refractivity contribution in [3.8, 4) is 11.4 Å². The summed E-state index contributed by atoms with van der Waals surface area (Å²) in [5.41, 5.74) is 4.39. The van der Waals surface area contributed by atoms with Crippen molar-refractivity contribution in [3.63, 3.8) is 0 Å². The van der Waals surface area contributed by atoms with E-state index in [1.54, 1.807) is 25.4 Å². The number of anilines is 2. The van der Waals surface area contributed by atoms with Crippen LogP contribution in [0.25, 0.3) is 33.3 Å². The van der Waals surface area contributed by atoms with Crippen molar-refractivity contribution >= 4 is 44.2 Å². The van der Waals surface area contributed by atoms with Gasteiger partial charge in [0.15, 0.2) is 5.82 Å². The van der Waals surface area contributed by atoms with Gasteiger partial charge in [0.2, 0.25) is 0 Å². The zero-order chi connectivity index (χ0) is 20.7. The molecular weight excluding hydrogens is 398 g/mol. The van der Waals surface area contributed by atoms with E-state index in [4.69, 9.17) is 9.97 Å². The highest BCUT2D eigenvalue weighted by Crippen LogP contribution is 2.31. The minimum Gasteiger partial charge on any atom is -0.338 e. The normalized spacial score (nSPS) is 12.3. The van der Waals surface area contributed by atoms with E-state index in [1.165, 1.54) is 0 Å². The number of benzene rings is 2. The van der Waals surface area contributed by atoms with Gasteiger partial charge in [-0.25, -0.2) is 19.9 Å². The lowest BCUT2D eigenvalue weighted by Crippen LogP contribution is -2.04. The number of nitrogens with zero attached hydrogens (tertiary/aromatic N) is 5. The molecule has 2 N–H and O–H groups in total. The summed E-state index contributed by atoms with van der Waals surface area (Å²) >= 11 is 0. The van der Waals surface area contributed by atoms with Gasteiger partial charge in [0.05, 0.1) is 44.9 Å². The van der Waals surface area contributed by atoms with Crippen molar-refractivity contribution in [2.75, 3.05) is 11.6 Å². The predicted molar refractivity (Wildman–Crippen MR) is 117 cm³/mol. The standard InChI is InChI=1S/C21H17N7OS/c1-12-23-18(10-19(24-12)30(2)29)20-21(27-17-7-4-3-6-16(17)25-20)26-14-8-5-9-15-13(14)11-22-28-15/h3-11H,1-2H3,(H,22,28)(H,26,27). The number of hydrogen-bond acceptors (Lipinski definition) is 7. The fourth-order valence-corrected chi connectivity index (χ4v) is 3.82. The molecule has 3 heterocycles. The number of hydrogen-bond donors (Lipinski definition) is 2. The number of para-hydroxylation sites is 2. The predicted octanol–water partition coefficient (Wildman–Crippen LogP) is 3.75. The number of aromatic nitrogens is 6. The molecule has 5 aromatic rings. The summed E-state index contributed by atoms with van der Waals surface area (Å²) < 4.78 is 12.0. The molecule has 148 valence electrons. The quantitative estimate of drug-likeness (QED) is 0.430. The van der Waals surface area contributed by atoms with Gasteiger partial charge in [0.1, 0.15) is 16.5 Å². The number of aryl methyl sites for hydroxylation is 1. The van der Waals surface area contributed by atoms with E-state index in [9.17, 15) is 4.21 Å². The van der Waals surface area contributed by atoms with Crippen molar-refractivity contribution in [2.24, 2.45) is 0 Å². The second-order valence-electron chi connectivity index (χ2n) is 6.76. The monoisotopic (exact) mass is 415 g/mol. The van der Waals surface area contributed by atoms with Crippen LogP contribution < -0.4 is 5.32 Å². The van der Waals surface area contributed by atoms with Gasteiger partial charge in [0.25, 0.3) is 0 Å². The molecule has 3 aromatic heterocycles. The second-order valence-corrected chi connectivity index (χ2v) is 8.09. The Bertz CT molecular complexity index is 1430. The summed E-state index contributed by atoms with van der Waals surface area (Å²) in [6, 6.07) is 15.2. The van der Waals surface area contributed by atoms with Crippen LogP contribution in [0.2, 0.25) is 0 Å². The molecule has 9 heteroatoms. The van der Waals surface area contributed by atoms with Crippen LogP contribution in [0.15, 0.2) is 59.8 Å². The molecule has 0 aliphatic carbocycles. The first-order chi connectivity index (χ1) is 14.6. The summed E-state index contributed by atoms with van der Waals surface area (Å²) in [7, 11) is -1.24. The largest absolute Gasteiger partial charge is 0.338 e. The Balaban J connectivity index is 1.73. The molecule has 0 bridgehead atoms. The first kappa shape index (κ1) is 18.3. The molecule has 0 aliphatic heterocycles. The van der Waals surface area contributed by atoms with Gasteiger partial charge in [-0.2, -0.15) is 5.10 Å². The first-order valence-corrected chi connectivity index (χ1v) is 10.8. The lowest BCUT2D eigenvalue weighted by molar-refractivity contribution is 0.683. The Kier molecular flexibility index (Phi) is 4.44. The smallest absolute Gasteiger partial charge is 0.159 e. The average molecular weight is 415 g/mol. The number of H-pyrrole nitrogens is 1. The minimum atomic E-state index is -1.24. The number of fused-ring (bicyclic) bond motifs is 2. The molecule has 0 aliphatic rings. The molecule has 0 radical (unpaired) electrons. The highest BCUT2D eigenvalue weighted by Gasteiger charge is 2.16. The molecule has 2 aromatic carbocycles. The highest BCUT2D eigenvalue weighted by atomic mass is 32.2.